The predicted molar refractivity (Wildman–Crippen MR) is 96.8 cm³/mol. The van der Waals surface area contributed by atoms with Crippen molar-refractivity contribution in [2.75, 3.05) is 6.54 Å². The van der Waals surface area contributed by atoms with Crippen LogP contribution in [-0.4, -0.2) is 18.5 Å². The van der Waals surface area contributed by atoms with Crippen LogP contribution in [0.5, 0.6) is 0 Å². The maximum Gasteiger partial charge on any atom is 0.231 e. The van der Waals surface area contributed by atoms with Crippen LogP contribution in [0.25, 0.3) is 0 Å². The SMILES string of the molecule is CCCCC(CN)NC(=O)C1(c2cccs2)CCCCC1.Cl. The molecule has 2 rings (SSSR count). The molecule has 1 aromatic heterocycles. The van der Waals surface area contributed by atoms with Gasteiger partial charge < -0.3 is 11.1 Å². The highest BCUT2D eigenvalue weighted by Gasteiger charge is 2.42. The zero-order valence-corrected chi connectivity index (χ0v) is 15.1. The van der Waals surface area contributed by atoms with Gasteiger partial charge in [-0.15, -0.1) is 23.7 Å². The maximum atomic E-state index is 13.0. The van der Waals surface area contributed by atoms with Crippen molar-refractivity contribution in [3.8, 4) is 0 Å². The van der Waals surface area contributed by atoms with Crippen LogP contribution < -0.4 is 11.1 Å². The van der Waals surface area contributed by atoms with Crippen LogP contribution in [0.2, 0.25) is 0 Å². The summed E-state index contributed by atoms with van der Waals surface area (Å²) in [5.74, 6) is 0.205. The summed E-state index contributed by atoms with van der Waals surface area (Å²) in [5, 5.41) is 5.32. The Kier molecular flexibility index (Phi) is 8.44. The molecule has 22 heavy (non-hydrogen) atoms. The second-order valence-corrected chi connectivity index (χ2v) is 7.12. The largest absolute Gasteiger partial charge is 0.351 e. The van der Waals surface area contributed by atoms with E-state index in [-0.39, 0.29) is 29.8 Å². The zero-order valence-electron chi connectivity index (χ0n) is 13.5. The van der Waals surface area contributed by atoms with Gasteiger partial charge in [0.05, 0.1) is 5.41 Å². The highest BCUT2D eigenvalue weighted by Crippen LogP contribution is 2.41. The van der Waals surface area contributed by atoms with E-state index in [2.05, 4.69) is 29.8 Å². The summed E-state index contributed by atoms with van der Waals surface area (Å²) in [5.41, 5.74) is 5.54. The van der Waals surface area contributed by atoms with E-state index in [0.717, 1.165) is 44.9 Å². The van der Waals surface area contributed by atoms with Gasteiger partial charge in [-0.05, 0) is 30.7 Å². The Bertz CT molecular complexity index is 430. The lowest BCUT2D eigenvalue weighted by Crippen LogP contribution is -2.50. The quantitative estimate of drug-likeness (QED) is 0.785. The molecule has 5 heteroatoms. The van der Waals surface area contributed by atoms with E-state index in [1.54, 1.807) is 11.3 Å². The fourth-order valence-corrected chi connectivity index (χ4v) is 4.30. The van der Waals surface area contributed by atoms with Gasteiger partial charge in [0.15, 0.2) is 0 Å². The van der Waals surface area contributed by atoms with Crippen molar-refractivity contribution in [1.82, 2.24) is 5.32 Å². The van der Waals surface area contributed by atoms with Crippen LogP contribution in [0.4, 0.5) is 0 Å². The van der Waals surface area contributed by atoms with E-state index in [9.17, 15) is 4.79 Å². The molecule has 1 aromatic rings. The van der Waals surface area contributed by atoms with Gasteiger partial charge in [-0.3, -0.25) is 4.79 Å². The van der Waals surface area contributed by atoms with E-state index in [1.807, 2.05) is 0 Å². The van der Waals surface area contributed by atoms with E-state index >= 15 is 0 Å². The fourth-order valence-electron chi connectivity index (χ4n) is 3.31. The lowest BCUT2D eigenvalue weighted by molar-refractivity contribution is -0.128. The lowest BCUT2D eigenvalue weighted by atomic mass is 9.72. The average Bonchev–Trinajstić information content (AvgIpc) is 3.06. The first-order valence-corrected chi connectivity index (χ1v) is 9.16. The van der Waals surface area contributed by atoms with Crippen molar-refractivity contribution in [2.24, 2.45) is 5.73 Å². The Morgan fingerprint density at radius 1 is 1.41 bits per heavy atom. The Morgan fingerprint density at radius 2 is 2.14 bits per heavy atom. The number of halogens is 1. The van der Waals surface area contributed by atoms with Crippen molar-refractivity contribution in [3.05, 3.63) is 22.4 Å². The van der Waals surface area contributed by atoms with E-state index in [0.29, 0.717) is 6.54 Å². The Morgan fingerprint density at radius 3 is 2.68 bits per heavy atom. The molecule has 0 aliphatic heterocycles. The molecule has 1 unspecified atom stereocenters. The van der Waals surface area contributed by atoms with E-state index in [4.69, 9.17) is 5.73 Å². The minimum absolute atomic E-state index is 0. The van der Waals surface area contributed by atoms with Gasteiger partial charge in [-0.2, -0.15) is 0 Å². The second kappa shape index (κ2) is 9.53. The molecular formula is C17H29ClN2OS. The highest BCUT2D eigenvalue weighted by molar-refractivity contribution is 7.10. The van der Waals surface area contributed by atoms with Gasteiger partial charge in [-0.1, -0.05) is 45.1 Å². The normalized spacial score (nSPS) is 18.3. The highest BCUT2D eigenvalue weighted by atomic mass is 35.5. The number of rotatable bonds is 7. The summed E-state index contributed by atoms with van der Waals surface area (Å²) >= 11 is 1.72. The number of nitrogens with two attached hydrogens (primary N) is 1. The fraction of sp³-hybridized carbons (Fsp3) is 0.706. The first-order chi connectivity index (χ1) is 10.2. The van der Waals surface area contributed by atoms with Gasteiger partial charge in [0.1, 0.15) is 0 Å². The molecule has 1 saturated carbocycles. The van der Waals surface area contributed by atoms with Crippen molar-refractivity contribution in [3.63, 3.8) is 0 Å². The maximum absolute atomic E-state index is 13.0. The smallest absolute Gasteiger partial charge is 0.231 e. The number of unbranched alkanes of at least 4 members (excludes halogenated alkanes) is 1. The number of nitrogens with one attached hydrogen (secondary N) is 1. The molecular weight excluding hydrogens is 316 g/mol. The molecule has 0 radical (unpaired) electrons. The molecule has 126 valence electrons. The standard InChI is InChI=1S/C17H28N2OS.ClH/c1-2-3-8-14(13-18)19-16(20)17(10-5-4-6-11-17)15-9-7-12-21-15;/h7,9,12,14H,2-6,8,10-11,13,18H2,1H3,(H,19,20);1H. The minimum Gasteiger partial charge on any atom is -0.351 e. The molecule has 3 nitrogen and oxygen atoms in total. The zero-order chi connectivity index (χ0) is 15.1. The number of carbonyl (C=O) groups excluding carboxylic acids is 1. The van der Waals surface area contributed by atoms with Crippen LogP contribution in [-0.2, 0) is 10.2 Å². The van der Waals surface area contributed by atoms with E-state index < -0.39 is 0 Å². The van der Waals surface area contributed by atoms with Gasteiger partial charge in [0.25, 0.3) is 0 Å². The van der Waals surface area contributed by atoms with Gasteiger partial charge in [0, 0.05) is 17.5 Å². The summed E-state index contributed by atoms with van der Waals surface area (Å²) in [4.78, 5) is 14.2. The molecule has 3 N–H and O–H groups in total. The van der Waals surface area contributed by atoms with Gasteiger partial charge >= 0.3 is 0 Å². The minimum atomic E-state index is -0.300. The lowest BCUT2D eigenvalue weighted by Gasteiger charge is -2.36. The molecule has 1 amide bonds. The summed E-state index contributed by atoms with van der Waals surface area (Å²) in [6, 6.07) is 4.30. The second-order valence-electron chi connectivity index (χ2n) is 6.17. The van der Waals surface area contributed by atoms with E-state index in [1.165, 1.54) is 11.3 Å². The van der Waals surface area contributed by atoms with Crippen LogP contribution in [0.3, 0.4) is 0 Å². The number of hydrogen-bond acceptors (Lipinski definition) is 3. The molecule has 0 saturated heterocycles. The number of amides is 1. The molecule has 1 heterocycles. The van der Waals surface area contributed by atoms with Crippen LogP contribution in [0.15, 0.2) is 17.5 Å². The molecule has 1 aliphatic rings. The molecule has 1 aliphatic carbocycles. The Hall–Kier alpha value is -0.580. The van der Waals surface area contributed by atoms with Crippen molar-refractivity contribution in [1.29, 1.82) is 0 Å². The third-order valence-corrected chi connectivity index (χ3v) is 5.73. The summed E-state index contributed by atoms with van der Waals surface area (Å²) in [6.07, 6.45) is 8.74. The molecule has 0 bridgehead atoms. The first-order valence-electron chi connectivity index (χ1n) is 8.28. The molecule has 0 spiro atoms. The van der Waals surface area contributed by atoms with Crippen molar-refractivity contribution < 1.29 is 4.79 Å². The van der Waals surface area contributed by atoms with Crippen LogP contribution in [0, 0.1) is 0 Å². The number of carbonyl (C=O) groups is 1. The molecule has 0 aromatic carbocycles. The van der Waals surface area contributed by atoms with Gasteiger partial charge in [0.2, 0.25) is 5.91 Å². The predicted octanol–water partition coefficient (Wildman–Crippen LogP) is 4.01. The first kappa shape index (κ1) is 19.5. The third kappa shape index (κ3) is 4.46. The molecule has 1 atom stereocenters. The third-order valence-electron chi connectivity index (χ3n) is 4.66. The molecule has 1 fully saturated rings. The average molecular weight is 345 g/mol. The van der Waals surface area contributed by atoms with Crippen LogP contribution >= 0.6 is 23.7 Å². The monoisotopic (exact) mass is 344 g/mol. The summed E-state index contributed by atoms with van der Waals surface area (Å²) < 4.78 is 0. The summed E-state index contributed by atoms with van der Waals surface area (Å²) in [6.45, 7) is 2.70. The number of thiophene rings is 1. The van der Waals surface area contributed by atoms with Crippen molar-refractivity contribution in [2.45, 2.75) is 69.7 Å². The Balaban J connectivity index is 0.00000242. The van der Waals surface area contributed by atoms with Gasteiger partial charge in [-0.25, -0.2) is 0 Å². The topological polar surface area (TPSA) is 55.1 Å². The Labute approximate surface area is 144 Å². The van der Waals surface area contributed by atoms with Crippen LogP contribution in [0.1, 0.15) is 63.2 Å². The number of hydrogen-bond donors (Lipinski definition) is 2. The van der Waals surface area contributed by atoms with Crippen molar-refractivity contribution >= 4 is 29.7 Å². The summed E-state index contributed by atoms with van der Waals surface area (Å²) in [7, 11) is 0.